The maximum Gasteiger partial charge on any atom is 0.142 e. The monoisotopic (exact) mass is 280 g/mol. The summed E-state index contributed by atoms with van der Waals surface area (Å²) in [4.78, 5) is 0. The lowest BCUT2D eigenvalue weighted by Gasteiger charge is -2.09. The molecule has 0 radical (unpaired) electrons. The van der Waals surface area contributed by atoms with E-state index in [1.807, 2.05) is 24.3 Å². The van der Waals surface area contributed by atoms with Gasteiger partial charge in [0, 0.05) is 18.3 Å². The van der Waals surface area contributed by atoms with Crippen LogP contribution in [0.4, 0.5) is 5.69 Å². The number of aryl methyl sites for hydroxylation is 2. The Morgan fingerprint density at radius 3 is 2.81 bits per heavy atom. The molecule has 0 saturated carbocycles. The molecule has 0 amide bonds. The molecule has 0 aliphatic carbocycles. The second-order valence-corrected chi connectivity index (χ2v) is 5.31. The van der Waals surface area contributed by atoms with Crippen LogP contribution in [-0.2, 0) is 6.54 Å². The van der Waals surface area contributed by atoms with Gasteiger partial charge in [0.2, 0.25) is 0 Å². The van der Waals surface area contributed by atoms with E-state index >= 15 is 0 Å². The van der Waals surface area contributed by atoms with Gasteiger partial charge in [-0.3, -0.25) is 0 Å². The van der Waals surface area contributed by atoms with Gasteiger partial charge in [-0.25, -0.2) is 0 Å². The lowest BCUT2D eigenvalue weighted by atomic mass is 10.2. The van der Waals surface area contributed by atoms with Crippen LogP contribution in [0.2, 0.25) is 0 Å². The van der Waals surface area contributed by atoms with Gasteiger partial charge in [0.05, 0.1) is 12.3 Å². The van der Waals surface area contributed by atoms with Gasteiger partial charge in [0.25, 0.3) is 0 Å². The fraction of sp³-hybridized carbons (Fsp3) is 0.222. The summed E-state index contributed by atoms with van der Waals surface area (Å²) < 4.78 is 8.01. The summed E-state index contributed by atoms with van der Waals surface area (Å²) in [5.74, 6) is 0.769. The molecule has 3 heteroatoms. The Kier molecular flexibility index (Phi) is 3.82. The van der Waals surface area contributed by atoms with E-state index in [2.05, 4.69) is 42.0 Å². The first-order valence-electron chi connectivity index (χ1n) is 7.27. The zero-order chi connectivity index (χ0) is 14.7. The molecule has 0 aliphatic rings. The van der Waals surface area contributed by atoms with E-state index in [0.717, 1.165) is 18.7 Å². The Morgan fingerprint density at radius 1 is 1.10 bits per heavy atom. The number of anilines is 1. The molecule has 1 heterocycles. The van der Waals surface area contributed by atoms with E-state index in [1.54, 1.807) is 0 Å². The van der Waals surface area contributed by atoms with Gasteiger partial charge in [-0.15, -0.1) is 0 Å². The molecule has 2 aromatic carbocycles. The number of para-hydroxylation sites is 2. The summed E-state index contributed by atoms with van der Waals surface area (Å²) in [6.07, 6.45) is 3.09. The van der Waals surface area contributed by atoms with Gasteiger partial charge in [0.15, 0.2) is 0 Å². The smallest absolute Gasteiger partial charge is 0.142 e. The molecule has 0 saturated heterocycles. The maximum absolute atomic E-state index is 5.86. The summed E-state index contributed by atoms with van der Waals surface area (Å²) in [6, 6.07) is 16.3. The Balaban J connectivity index is 1.60. The molecule has 0 unspecified atom stereocenters. The third-order valence-corrected chi connectivity index (χ3v) is 3.65. The minimum atomic E-state index is 0.666. The van der Waals surface area contributed by atoms with E-state index in [9.17, 15) is 0 Å². The molecule has 0 aliphatic heterocycles. The van der Waals surface area contributed by atoms with Gasteiger partial charge in [0.1, 0.15) is 5.75 Å². The number of aromatic nitrogens is 1. The van der Waals surface area contributed by atoms with Crippen LogP contribution < -0.4 is 10.5 Å². The van der Waals surface area contributed by atoms with Crippen molar-refractivity contribution in [3.05, 3.63) is 60.3 Å². The minimum Gasteiger partial charge on any atom is -0.491 e. The van der Waals surface area contributed by atoms with Crippen LogP contribution in [0.5, 0.6) is 5.75 Å². The van der Waals surface area contributed by atoms with Gasteiger partial charge in [-0.1, -0.05) is 24.3 Å². The van der Waals surface area contributed by atoms with Crippen LogP contribution in [0.15, 0.2) is 54.7 Å². The number of fused-ring (bicyclic) bond motifs is 1. The maximum atomic E-state index is 5.86. The third kappa shape index (κ3) is 3.02. The van der Waals surface area contributed by atoms with Crippen molar-refractivity contribution in [3.63, 3.8) is 0 Å². The van der Waals surface area contributed by atoms with E-state index in [0.29, 0.717) is 12.3 Å². The Labute approximate surface area is 125 Å². The molecule has 3 aromatic rings. The zero-order valence-electron chi connectivity index (χ0n) is 12.3. The van der Waals surface area contributed by atoms with Crippen molar-refractivity contribution >= 4 is 16.6 Å². The third-order valence-electron chi connectivity index (χ3n) is 3.65. The van der Waals surface area contributed by atoms with Crippen LogP contribution in [-0.4, -0.2) is 11.2 Å². The number of hydrogen-bond donors (Lipinski definition) is 1. The molecule has 0 atom stereocenters. The van der Waals surface area contributed by atoms with Crippen molar-refractivity contribution in [3.8, 4) is 5.75 Å². The quantitative estimate of drug-likeness (QED) is 0.567. The molecule has 1 aromatic heterocycles. The molecule has 0 spiro atoms. The predicted octanol–water partition coefficient (Wildman–Crippen LogP) is 4.00. The Hall–Kier alpha value is -2.42. The molecular formula is C18H20N2O. The molecular weight excluding hydrogens is 260 g/mol. The predicted molar refractivity (Wildman–Crippen MR) is 87.6 cm³/mol. The first kappa shape index (κ1) is 13.6. The van der Waals surface area contributed by atoms with E-state index in [4.69, 9.17) is 10.5 Å². The lowest BCUT2D eigenvalue weighted by molar-refractivity contribution is 0.304. The highest BCUT2D eigenvalue weighted by Gasteiger charge is 2.02. The van der Waals surface area contributed by atoms with Gasteiger partial charge >= 0.3 is 0 Å². The van der Waals surface area contributed by atoms with E-state index < -0.39 is 0 Å². The second-order valence-electron chi connectivity index (χ2n) is 5.31. The first-order valence-corrected chi connectivity index (χ1v) is 7.27. The van der Waals surface area contributed by atoms with E-state index in [-0.39, 0.29) is 0 Å². The van der Waals surface area contributed by atoms with Crippen molar-refractivity contribution in [2.24, 2.45) is 0 Å². The molecule has 21 heavy (non-hydrogen) atoms. The molecule has 0 fully saturated rings. The van der Waals surface area contributed by atoms with Crippen LogP contribution >= 0.6 is 0 Å². The van der Waals surface area contributed by atoms with Gasteiger partial charge in [-0.2, -0.15) is 0 Å². The number of ether oxygens (including phenoxy) is 1. The van der Waals surface area contributed by atoms with Crippen molar-refractivity contribution in [2.75, 3.05) is 12.3 Å². The van der Waals surface area contributed by atoms with Crippen molar-refractivity contribution in [1.82, 2.24) is 4.57 Å². The summed E-state index contributed by atoms with van der Waals surface area (Å²) in [5, 5.41) is 1.29. The topological polar surface area (TPSA) is 40.2 Å². The van der Waals surface area contributed by atoms with Crippen molar-refractivity contribution < 1.29 is 4.74 Å². The number of nitrogen functional groups attached to an aromatic ring is 1. The molecule has 108 valence electrons. The van der Waals surface area contributed by atoms with Crippen LogP contribution in [0.3, 0.4) is 0 Å². The number of rotatable bonds is 5. The largest absolute Gasteiger partial charge is 0.491 e. The summed E-state index contributed by atoms with van der Waals surface area (Å²) in [7, 11) is 0. The second kappa shape index (κ2) is 5.92. The highest BCUT2D eigenvalue weighted by molar-refractivity contribution is 5.80. The van der Waals surface area contributed by atoms with E-state index in [1.165, 1.54) is 16.5 Å². The van der Waals surface area contributed by atoms with Gasteiger partial charge < -0.3 is 15.0 Å². The average molecular weight is 280 g/mol. The molecule has 0 bridgehead atoms. The Morgan fingerprint density at radius 2 is 1.95 bits per heavy atom. The van der Waals surface area contributed by atoms with Crippen molar-refractivity contribution in [2.45, 2.75) is 19.9 Å². The van der Waals surface area contributed by atoms with Crippen molar-refractivity contribution in [1.29, 1.82) is 0 Å². The number of hydrogen-bond acceptors (Lipinski definition) is 2. The number of benzene rings is 2. The minimum absolute atomic E-state index is 0.666. The highest BCUT2D eigenvalue weighted by atomic mass is 16.5. The SMILES string of the molecule is Cc1ccc2ccn(CCCOc3ccccc3N)c2c1. The fourth-order valence-electron chi connectivity index (χ4n) is 2.52. The van der Waals surface area contributed by atoms with Crippen LogP contribution in [0.25, 0.3) is 10.9 Å². The average Bonchev–Trinajstić information content (AvgIpc) is 2.88. The van der Waals surface area contributed by atoms with Crippen LogP contribution in [0.1, 0.15) is 12.0 Å². The zero-order valence-corrected chi connectivity index (χ0v) is 12.3. The molecule has 2 N–H and O–H groups in total. The van der Waals surface area contributed by atoms with Crippen LogP contribution in [0, 0.1) is 6.92 Å². The molecule has 3 nitrogen and oxygen atoms in total. The van der Waals surface area contributed by atoms with Gasteiger partial charge in [-0.05, 0) is 48.6 Å². The lowest BCUT2D eigenvalue weighted by Crippen LogP contribution is -2.05. The highest BCUT2D eigenvalue weighted by Crippen LogP contribution is 2.20. The summed E-state index contributed by atoms with van der Waals surface area (Å²) >= 11 is 0. The molecule has 3 rings (SSSR count). The first-order chi connectivity index (χ1) is 10.2. The number of nitrogens with two attached hydrogens (primary N) is 1. The standard InChI is InChI=1S/C18H20N2O/c1-14-7-8-15-9-11-20(17(15)13-14)10-4-12-21-18-6-3-2-5-16(18)19/h2-3,5-9,11,13H,4,10,12,19H2,1H3. The summed E-state index contributed by atoms with van der Waals surface area (Å²) in [5.41, 5.74) is 9.13. The normalized spacial score (nSPS) is 10.9. The summed E-state index contributed by atoms with van der Waals surface area (Å²) in [6.45, 7) is 3.73. The number of nitrogens with zero attached hydrogens (tertiary/aromatic N) is 1. The fourth-order valence-corrected chi connectivity index (χ4v) is 2.52. The Bertz CT molecular complexity index is 746.